The fraction of sp³-hybridized carbons (Fsp3) is 0.421. The third kappa shape index (κ3) is 5.46. The molecule has 0 unspecified atom stereocenters. The van der Waals surface area contributed by atoms with E-state index in [1.54, 1.807) is 0 Å². The number of hydrogen-bond donors (Lipinski definition) is 0. The molecule has 136 valence electrons. The number of benzene rings is 1. The van der Waals surface area contributed by atoms with Crippen molar-refractivity contribution in [2.75, 3.05) is 0 Å². The summed E-state index contributed by atoms with van der Waals surface area (Å²) >= 11 is 0. The van der Waals surface area contributed by atoms with Gasteiger partial charge in [0, 0.05) is 16.9 Å². The Labute approximate surface area is 155 Å². The maximum atomic E-state index is 6.75. The molecule has 0 atom stereocenters. The fourth-order valence-corrected chi connectivity index (χ4v) is 15.0. The van der Waals surface area contributed by atoms with Gasteiger partial charge in [-0.3, -0.25) is 4.98 Å². The first kappa shape index (κ1) is 20.3. The minimum Gasteiger partial charge on any atom is -0.433 e. The third-order valence-corrected chi connectivity index (χ3v) is 13.1. The normalized spacial score (nSPS) is 13.1. The summed E-state index contributed by atoms with van der Waals surface area (Å²) in [5.74, 6) is 0. The van der Waals surface area contributed by atoms with Crippen LogP contribution in [0.5, 0.6) is 0 Å². The second kappa shape index (κ2) is 7.28. The molecule has 25 heavy (non-hydrogen) atoms. The highest BCUT2D eigenvalue weighted by Crippen LogP contribution is 2.26. The van der Waals surface area contributed by atoms with Gasteiger partial charge in [-0.05, 0) is 64.4 Å². The maximum absolute atomic E-state index is 6.75. The van der Waals surface area contributed by atoms with E-state index >= 15 is 0 Å². The van der Waals surface area contributed by atoms with E-state index in [9.17, 15) is 0 Å². The molecular formula is C19H31NO2Si3. The van der Waals surface area contributed by atoms with Gasteiger partial charge in [0.05, 0.1) is 5.69 Å². The van der Waals surface area contributed by atoms with Crippen LogP contribution in [-0.4, -0.2) is 30.2 Å². The van der Waals surface area contributed by atoms with E-state index in [1.165, 1.54) is 10.8 Å². The Morgan fingerprint density at radius 2 is 1.32 bits per heavy atom. The molecule has 0 saturated carbocycles. The largest absolute Gasteiger partial charge is 0.433 e. The Morgan fingerprint density at radius 3 is 1.84 bits per heavy atom. The molecule has 0 radical (unpaired) electrons. The first-order valence-electron chi connectivity index (χ1n) is 8.83. The molecule has 1 aromatic heterocycles. The van der Waals surface area contributed by atoms with E-state index in [1.807, 2.05) is 12.3 Å². The lowest BCUT2D eigenvalue weighted by Crippen LogP contribution is -2.60. The van der Waals surface area contributed by atoms with Gasteiger partial charge in [0.15, 0.2) is 16.6 Å². The first-order valence-corrected chi connectivity index (χ1v) is 18.0. The van der Waals surface area contributed by atoms with E-state index in [0.29, 0.717) is 0 Å². The minimum atomic E-state index is -2.56. The maximum Gasteiger partial charge on any atom is 0.349 e. The van der Waals surface area contributed by atoms with Crippen molar-refractivity contribution in [3.05, 3.63) is 48.2 Å². The summed E-state index contributed by atoms with van der Waals surface area (Å²) < 4.78 is 13.5. The number of rotatable bonds is 6. The number of hydrogen-bond acceptors (Lipinski definition) is 3. The topological polar surface area (TPSA) is 31.4 Å². The predicted molar refractivity (Wildman–Crippen MR) is 115 cm³/mol. The van der Waals surface area contributed by atoms with Crippen molar-refractivity contribution in [3.8, 4) is 11.3 Å². The Kier molecular flexibility index (Phi) is 5.90. The Morgan fingerprint density at radius 1 is 0.760 bits per heavy atom. The van der Waals surface area contributed by atoms with Crippen molar-refractivity contribution in [2.24, 2.45) is 0 Å². The lowest BCUT2D eigenvalue weighted by molar-refractivity contribution is 0.405. The monoisotopic (exact) mass is 389 g/mol. The molecule has 0 aliphatic rings. The summed E-state index contributed by atoms with van der Waals surface area (Å²) in [4.78, 5) is 4.65. The van der Waals surface area contributed by atoms with Crippen LogP contribution in [0.4, 0.5) is 0 Å². The second-order valence-corrected chi connectivity index (χ2v) is 21.1. The molecule has 3 nitrogen and oxygen atoms in total. The Balaban J connectivity index is 2.65. The molecule has 1 heterocycles. The zero-order valence-electron chi connectivity index (χ0n) is 16.8. The SMILES string of the molecule is Cc1cccnc1-c1ccccc1[Si](C)(O[Si](C)(C)C)O[Si](C)(C)C. The minimum absolute atomic E-state index is 1.02. The van der Waals surface area contributed by atoms with Gasteiger partial charge in [-0.1, -0.05) is 30.3 Å². The molecule has 0 N–H and O–H groups in total. The molecule has 6 heteroatoms. The van der Waals surface area contributed by atoms with Crippen molar-refractivity contribution < 1.29 is 8.23 Å². The zero-order chi connectivity index (χ0) is 18.9. The Bertz CT molecular complexity index is 720. The van der Waals surface area contributed by atoms with Gasteiger partial charge in [0.25, 0.3) is 0 Å². The van der Waals surface area contributed by atoms with E-state index in [4.69, 9.17) is 8.23 Å². The van der Waals surface area contributed by atoms with Crippen molar-refractivity contribution >= 4 is 30.4 Å². The first-order chi connectivity index (χ1) is 11.4. The molecule has 0 fully saturated rings. The van der Waals surface area contributed by atoms with Crippen LogP contribution < -0.4 is 5.19 Å². The van der Waals surface area contributed by atoms with E-state index < -0.39 is 25.2 Å². The highest BCUT2D eigenvalue weighted by Gasteiger charge is 2.43. The van der Waals surface area contributed by atoms with Gasteiger partial charge in [-0.25, -0.2) is 0 Å². The molecular weight excluding hydrogens is 358 g/mol. The van der Waals surface area contributed by atoms with Crippen LogP contribution in [-0.2, 0) is 8.23 Å². The molecule has 0 bridgehead atoms. The summed E-state index contributed by atoms with van der Waals surface area (Å²) in [5, 5.41) is 1.20. The quantitative estimate of drug-likeness (QED) is 0.649. The summed E-state index contributed by atoms with van der Waals surface area (Å²) in [6, 6.07) is 12.6. The molecule has 2 rings (SSSR count). The molecule has 0 aliphatic heterocycles. The van der Waals surface area contributed by atoms with Crippen LogP contribution in [0.15, 0.2) is 42.6 Å². The lowest BCUT2D eigenvalue weighted by atomic mass is 10.1. The van der Waals surface area contributed by atoms with Crippen LogP contribution in [0.1, 0.15) is 5.56 Å². The van der Waals surface area contributed by atoms with Gasteiger partial charge in [0.2, 0.25) is 0 Å². The van der Waals surface area contributed by atoms with Crippen molar-refractivity contribution in [3.63, 3.8) is 0 Å². The van der Waals surface area contributed by atoms with Crippen LogP contribution in [0, 0.1) is 6.92 Å². The zero-order valence-corrected chi connectivity index (χ0v) is 19.8. The van der Waals surface area contributed by atoms with Crippen LogP contribution in [0.3, 0.4) is 0 Å². The summed E-state index contributed by atoms with van der Waals surface area (Å²) in [6.07, 6.45) is 1.86. The van der Waals surface area contributed by atoms with Gasteiger partial charge in [0.1, 0.15) is 0 Å². The number of aryl methyl sites for hydroxylation is 1. The molecule has 1 aromatic carbocycles. The summed E-state index contributed by atoms with van der Waals surface area (Å²) in [7, 11) is -6.11. The molecule has 0 saturated heterocycles. The predicted octanol–water partition coefficient (Wildman–Crippen LogP) is 5.04. The smallest absolute Gasteiger partial charge is 0.349 e. The van der Waals surface area contributed by atoms with Crippen LogP contribution >= 0.6 is 0 Å². The average Bonchev–Trinajstić information content (AvgIpc) is 2.44. The average molecular weight is 390 g/mol. The van der Waals surface area contributed by atoms with E-state index in [2.05, 4.69) is 88.1 Å². The van der Waals surface area contributed by atoms with Gasteiger partial charge in [-0.15, -0.1) is 0 Å². The van der Waals surface area contributed by atoms with Gasteiger partial charge >= 0.3 is 8.56 Å². The molecule has 0 spiro atoms. The standard InChI is InChI=1S/C19H31NO2Si3/c1-16-12-11-15-20-19(16)17-13-9-10-14-18(17)25(8,21-23(2,3)4)22-24(5,6)7/h9-15H,1-8H3. The Hall–Kier alpha value is -1.06. The van der Waals surface area contributed by atoms with E-state index in [-0.39, 0.29) is 0 Å². The summed E-state index contributed by atoms with van der Waals surface area (Å²) in [6.45, 7) is 17.7. The lowest BCUT2D eigenvalue weighted by Gasteiger charge is -2.39. The van der Waals surface area contributed by atoms with Gasteiger partial charge < -0.3 is 8.23 Å². The van der Waals surface area contributed by atoms with Crippen LogP contribution in [0.2, 0.25) is 45.8 Å². The van der Waals surface area contributed by atoms with Crippen LogP contribution in [0.25, 0.3) is 11.3 Å². The fourth-order valence-electron chi connectivity index (χ4n) is 3.15. The third-order valence-electron chi connectivity index (χ3n) is 3.68. The number of nitrogens with zero attached hydrogens (tertiary/aromatic N) is 1. The summed E-state index contributed by atoms with van der Waals surface area (Å²) in [5.41, 5.74) is 3.34. The molecule has 2 aromatic rings. The van der Waals surface area contributed by atoms with Crippen molar-refractivity contribution in [2.45, 2.75) is 52.8 Å². The molecule has 0 aliphatic carbocycles. The van der Waals surface area contributed by atoms with E-state index in [0.717, 1.165) is 11.3 Å². The van der Waals surface area contributed by atoms with Gasteiger partial charge in [-0.2, -0.15) is 0 Å². The number of aromatic nitrogens is 1. The van der Waals surface area contributed by atoms with Crippen molar-refractivity contribution in [1.29, 1.82) is 0 Å². The highest BCUT2D eigenvalue weighted by molar-refractivity contribution is 6.94. The highest BCUT2D eigenvalue weighted by atomic mass is 28.5. The number of pyridine rings is 1. The molecule has 0 amide bonds. The van der Waals surface area contributed by atoms with Crippen molar-refractivity contribution in [1.82, 2.24) is 4.98 Å². The second-order valence-electron chi connectivity index (χ2n) is 8.59.